The van der Waals surface area contributed by atoms with E-state index in [1.54, 1.807) is 6.20 Å². The summed E-state index contributed by atoms with van der Waals surface area (Å²) < 4.78 is 3.70. The van der Waals surface area contributed by atoms with Crippen LogP contribution < -0.4 is 5.32 Å². The van der Waals surface area contributed by atoms with Gasteiger partial charge in [0.1, 0.15) is 0 Å². The lowest BCUT2D eigenvalue weighted by Gasteiger charge is -2.04. The van der Waals surface area contributed by atoms with Crippen molar-refractivity contribution in [1.29, 1.82) is 0 Å². The van der Waals surface area contributed by atoms with Crippen molar-refractivity contribution in [2.24, 2.45) is 0 Å². The normalized spacial score (nSPS) is 10.9. The van der Waals surface area contributed by atoms with Crippen LogP contribution in [0.2, 0.25) is 0 Å². The zero-order valence-electron chi connectivity index (χ0n) is 12.0. The number of hydrogen-bond donors (Lipinski definition) is 1. The predicted molar refractivity (Wildman–Crippen MR) is 80.1 cm³/mol. The minimum absolute atomic E-state index is 0.721. The Morgan fingerprint density at radius 3 is 2.76 bits per heavy atom. The van der Waals surface area contributed by atoms with Crippen LogP contribution in [0.25, 0.3) is 5.69 Å². The monoisotopic (exact) mass is 282 g/mol. The first kappa shape index (κ1) is 13.5. The summed E-state index contributed by atoms with van der Waals surface area (Å²) in [5.41, 5.74) is 3.20. The fourth-order valence-electron chi connectivity index (χ4n) is 2.11. The second-order valence-corrected chi connectivity index (χ2v) is 4.80. The maximum absolute atomic E-state index is 4.21. The van der Waals surface area contributed by atoms with Crippen LogP contribution in [0.5, 0.6) is 0 Å². The third-order valence-corrected chi connectivity index (χ3v) is 3.19. The van der Waals surface area contributed by atoms with Gasteiger partial charge in [-0.15, -0.1) is 5.10 Å². The topological polar surface area (TPSA) is 60.6 Å². The van der Waals surface area contributed by atoms with Crippen LogP contribution in [0.15, 0.2) is 48.9 Å². The van der Waals surface area contributed by atoms with Gasteiger partial charge in [0.15, 0.2) is 0 Å². The van der Waals surface area contributed by atoms with Crippen LogP contribution in [0.1, 0.15) is 18.2 Å². The number of nitrogens with one attached hydrogen (secondary N) is 1. The highest BCUT2D eigenvalue weighted by molar-refractivity contribution is 5.33. The van der Waals surface area contributed by atoms with Gasteiger partial charge >= 0.3 is 0 Å². The van der Waals surface area contributed by atoms with Crippen LogP contribution in [0, 0.1) is 0 Å². The molecule has 21 heavy (non-hydrogen) atoms. The van der Waals surface area contributed by atoms with Crippen molar-refractivity contribution in [2.45, 2.75) is 20.0 Å². The van der Waals surface area contributed by atoms with E-state index < -0.39 is 0 Å². The van der Waals surface area contributed by atoms with Gasteiger partial charge in [0, 0.05) is 18.9 Å². The van der Waals surface area contributed by atoms with Crippen molar-refractivity contribution in [3.63, 3.8) is 0 Å². The van der Waals surface area contributed by atoms with E-state index in [1.165, 1.54) is 5.56 Å². The van der Waals surface area contributed by atoms with Gasteiger partial charge in [-0.05, 0) is 30.3 Å². The van der Waals surface area contributed by atoms with Gasteiger partial charge in [-0.1, -0.05) is 24.3 Å². The Hall–Kier alpha value is -2.47. The maximum Gasteiger partial charge on any atom is 0.0964 e. The molecular weight excluding hydrogens is 264 g/mol. The SMILES string of the molecule is CCNCc1cn(Cc2ccc(-n3cccn3)cc2)nn1. The van der Waals surface area contributed by atoms with E-state index in [0.717, 1.165) is 31.0 Å². The summed E-state index contributed by atoms with van der Waals surface area (Å²) in [7, 11) is 0. The fourth-order valence-corrected chi connectivity index (χ4v) is 2.11. The molecule has 0 saturated carbocycles. The summed E-state index contributed by atoms with van der Waals surface area (Å²) in [6.45, 7) is 4.49. The number of hydrogen-bond acceptors (Lipinski definition) is 4. The predicted octanol–water partition coefficient (Wildman–Crippen LogP) is 1.62. The fraction of sp³-hybridized carbons (Fsp3) is 0.267. The summed E-state index contributed by atoms with van der Waals surface area (Å²) >= 11 is 0. The first-order valence-corrected chi connectivity index (χ1v) is 7.04. The van der Waals surface area contributed by atoms with Gasteiger partial charge in [0.2, 0.25) is 0 Å². The second-order valence-electron chi connectivity index (χ2n) is 4.80. The van der Waals surface area contributed by atoms with Crippen molar-refractivity contribution < 1.29 is 0 Å². The number of rotatable bonds is 6. The molecule has 0 radical (unpaired) electrons. The number of benzene rings is 1. The van der Waals surface area contributed by atoms with Crippen molar-refractivity contribution >= 4 is 0 Å². The molecule has 3 rings (SSSR count). The molecule has 0 spiro atoms. The van der Waals surface area contributed by atoms with Crippen molar-refractivity contribution in [1.82, 2.24) is 30.1 Å². The third-order valence-electron chi connectivity index (χ3n) is 3.19. The molecule has 0 aliphatic heterocycles. The minimum atomic E-state index is 0.721. The Bertz CT molecular complexity index is 669. The van der Waals surface area contributed by atoms with E-state index >= 15 is 0 Å². The third kappa shape index (κ3) is 3.35. The van der Waals surface area contributed by atoms with Crippen LogP contribution in [0.3, 0.4) is 0 Å². The van der Waals surface area contributed by atoms with Gasteiger partial charge in [-0.3, -0.25) is 0 Å². The lowest BCUT2D eigenvalue weighted by molar-refractivity contribution is 0.647. The molecule has 0 fully saturated rings. The van der Waals surface area contributed by atoms with Gasteiger partial charge in [-0.25, -0.2) is 9.36 Å². The zero-order chi connectivity index (χ0) is 14.5. The molecule has 1 aromatic carbocycles. The largest absolute Gasteiger partial charge is 0.311 e. The van der Waals surface area contributed by atoms with Crippen molar-refractivity contribution in [2.75, 3.05) is 6.54 Å². The van der Waals surface area contributed by atoms with Crippen LogP contribution in [-0.4, -0.2) is 31.3 Å². The van der Waals surface area contributed by atoms with Crippen molar-refractivity contribution in [3.05, 3.63) is 60.2 Å². The molecule has 108 valence electrons. The highest BCUT2D eigenvalue weighted by Crippen LogP contribution is 2.09. The quantitative estimate of drug-likeness (QED) is 0.746. The molecule has 6 nitrogen and oxygen atoms in total. The average molecular weight is 282 g/mol. The Balaban J connectivity index is 1.66. The Morgan fingerprint density at radius 2 is 2.05 bits per heavy atom. The van der Waals surface area contributed by atoms with Gasteiger partial charge in [0.25, 0.3) is 0 Å². The van der Waals surface area contributed by atoms with Gasteiger partial charge in [0.05, 0.1) is 24.1 Å². The van der Waals surface area contributed by atoms with E-state index in [4.69, 9.17) is 0 Å². The molecule has 3 aromatic rings. The highest BCUT2D eigenvalue weighted by Gasteiger charge is 2.02. The first-order valence-electron chi connectivity index (χ1n) is 7.04. The Kier molecular flexibility index (Phi) is 4.07. The molecule has 0 atom stereocenters. The van der Waals surface area contributed by atoms with E-state index in [-0.39, 0.29) is 0 Å². The number of nitrogens with zero attached hydrogens (tertiary/aromatic N) is 5. The summed E-state index contributed by atoms with van der Waals surface area (Å²) in [5, 5.41) is 15.7. The van der Waals surface area contributed by atoms with E-state index in [1.807, 2.05) is 27.8 Å². The Labute approximate surface area is 123 Å². The second kappa shape index (κ2) is 6.32. The molecular formula is C15H18N6. The average Bonchev–Trinajstić information content (AvgIpc) is 3.17. The van der Waals surface area contributed by atoms with Gasteiger partial charge < -0.3 is 5.32 Å². The smallest absolute Gasteiger partial charge is 0.0964 e. The standard InChI is InChI=1S/C15H18N6/c1-2-16-10-14-12-20(19-18-14)11-13-4-6-15(7-5-13)21-9-3-8-17-21/h3-9,12,16H,2,10-11H2,1H3. The molecule has 0 aliphatic carbocycles. The minimum Gasteiger partial charge on any atom is -0.311 e. The van der Waals surface area contributed by atoms with Gasteiger partial charge in [-0.2, -0.15) is 5.10 Å². The Morgan fingerprint density at radius 1 is 1.19 bits per heavy atom. The summed E-state index contributed by atoms with van der Waals surface area (Å²) in [6.07, 6.45) is 5.68. The molecule has 0 unspecified atom stereocenters. The lowest BCUT2D eigenvalue weighted by atomic mass is 10.2. The van der Waals surface area contributed by atoms with Crippen molar-refractivity contribution in [3.8, 4) is 5.69 Å². The molecule has 0 bridgehead atoms. The molecule has 2 heterocycles. The molecule has 6 heteroatoms. The maximum atomic E-state index is 4.21. The first-order chi connectivity index (χ1) is 10.3. The summed E-state index contributed by atoms with van der Waals surface area (Å²) in [4.78, 5) is 0. The van der Waals surface area contributed by atoms with Crippen LogP contribution in [-0.2, 0) is 13.1 Å². The van der Waals surface area contributed by atoms with Crippen LogP contribution >= 0.6 is 0 Å². The zero-order valence-corrected chi connectivity index (χ0v) is 12.0. The molecule has 0 amide bonds. The van der Waals surface area contributed by atoms with E-state index in [0.29, 0.717) is 0 Å². The van der Waals surface area contributed by atoms with Crippen LogP contribution in [0.4, 0.5) is 0 Å². The highest BCUT2D eigenvalue weighted by atomic mass is 15.4. The lowest BCUT2D eigenvalue weighted by Crippen LogP contribution is -2.11. The summed E-state index contributed by atoms with van der Waals surface area (Å²) in [6, 6.07) is 10.2. The van der Waals surface area contributed by atoms with E-state index in [9.17, 15) is 0 Å². The molecule has 0 aliphatic rings. The summed E-state index contributed by atoms with van der Waals surface area (Å²) in [5.74, 6) is 0. The molecule has 1 N–H and O–H groups in total. The molecule has 2 aromatic heterocycles. The molecule has 0 saturated heterocycles. The van der Waals surface area contributed by atoms with E-state index in [2.05, 4.69) is 51.9 Å². The number of aromatic nitrogens is 5.